The third-order valence-electron chi connectivity index (χ3n) is 4.29. The molecule has 0 saturated heterocycles. The number of hydrogen-bond acceptors (Lipinski definition) is 0. The van der Waals surface area contributed by atoms with Gasteiger partial charge in [0.05, 0.1) is 0 Å². The van der Waals surface area contributed by atoms with Gasteiger partial charge in [-0.3, -0.25) is 0 Å². The molecule has 0 amide bonds. The molecule has 1 saturated carbocycles. The molecule has 0 aromatic rings. The van der Waals surface area contributed by atoms with E-state index in [1.54, 1.807) is 0 Å². The van der Waals surface area contributed by atoms with Crippen molar-refractivity contribution in [2.45, 2.75) is 72.6 Å². The smallest absolute Gasteiger partial charge is 0.0115 e. The maximum atomic E-state index is 2.41. The van der Waals surface area contributed by atoms with E-state index in [-0.39, 0.29) is 0 Å². The Morgan fingerprint density at radius 3 is 2.69 bits per heavy atom. The maximum Gasteiger partial charge on any atom is -0.0115 e. The van der Waals surface area contributed by atoms with Crippen LogP contribution >= 0.6 is 0 Å². The Balaban J connectivity index is 2.01. The van der Waals surface area contributed by atoms with E-state index in [4.69, 9.17) is 0 Å². The van der Waals surface area contributed by atoms with Crippen molar-refractivity contribution in [2.75, 3.05) is 0 Å². The first-order chi connectivity index (χ1) is 7.62. The van der Waals surface area contributed by atoms with Crippen molar-refractivity contribution < 1.29 is 0 Å². The molecule has 0 bridgehead atoms. The van der Waals surface area contributed by atoms with Crippen LogP contribution in [0.5, 0.6) is 0 Å². The summed E-state index contributed by atoms with van der Waals surface area (Å²) in [5, 5.41) is 0. The number of rotatable bonds is 8. The summed E-state index contributed by atoms with van der Waals surface area (Å²) in [7, 11) is 0. The molecule has 3 atom stereocenters. The average Bonchev–Trinajstić information content (AvgIpc) is 2.85. The fourth-order valence-corrected chi connectivity index (χ4v) is 3.01. The predicted octanol–water partition coefficient (Wildman–Crippen LogP) is 5.59. The van der Waals surface area contributed by atoms with Crippen molar-refractivity contribution >= 4 is 0 Å². The summed E-state index contributed by atoms with van der Waals surface area (Å²) in [6, 6.07) is 0. The van der Waals surface area contributed by atoms with Crippen LogP contribution in [0.2, 0.25) is 0 Å². The molecule has 0 nitrogen and oxygen atoms in total. The molecule has 0 spiro atoms. The highest BCUT2D eigenvalue weighted by Gasteiger charge is 2.46. The van der Waals surface area contributed by atoms with Gasteiger partial charge in [0.1, 0.15) is 0 Å². The van der Waals surface area contributed by atoms with Crippen molar-refractivity contribution in [3.63, 3.8) is 0 Å². The Labute approximate surface area is 103 Å². The lowest BCUT2D eigenvalue weighted by Gasteiger charge is -2.09. The Morgan fingerprint density at radius 1 is 1.31 bits per heavy atom. The van der Waals surface area contributed by atoms with Crippen LogP contribution in [0.3, 0.4) is 0 Å². The van der Waals surface area contributed by atoms with Crippen LogP contribution in [0.25, 0.3) is 0 Å². The van der Waals surface area contributed by atoms with Crippen molar-refractivity contribution in [1.29, 1.82) is 0 Å². The normalized spacial score (nSPS) is 30.9. The van der Waals surface area contributed by atoms with E-state index >= 15 is 0 Å². The van der Waals surface area contributed by atoms with E-state index in [9.17, 15) is 0 Å². The third kappa shape index (κ3) is 4.31. The van der Waals surface area contributed by atoms with Crippen LogP contribution in [0.4, 0.5) is 0 Å². The highest BCUT2D eigenvalue weighted by atomic mass is 14.5. The standard InChI is InChI=1S/C16H30/c1-5-9-14(3)10-7-8-11-15-13-16(15,4)12-6-2/h6,12,14-15H,5,7-11,13H2,1-4H3. The molecule has 1 aliphatic carbocycles. The first-order valence-electron chi connectivity index (χ1n) is 7.26. The summed E-state index contributed by atoms with van der Waals surface area (Å²) in [5.74, 6) is 1.94. The Hall–Kier alpha value is -0.260. The minimum atomic E-state index is 0.573. The SMILES string of the molecule is CC=CC1(C)CC1CCCCC(C)CCC. The molecule has 94 valence electrons. The van der Waals surface area contributed by atoms with Gasteiger partial charge in [0.15, 0.2) is 0 Å². The van der Waals surface area contributed by atoms with E-state index in [2.05, 4.69) is 39.8 Å². The highest BCUT2D eigenvalue weighted by molar-refractivity contribution is 5.11. The van der Waals surface area contributed by atoms with Crippen molar-refractivity contribution in [3.8, 4) is 0 Å². The first-order valence-corrected chi connectivity index (χ1v) is 7.26. The van der Waals surface area contributed by atoms with Crippen molar-refractivity contribution in [2.24, 2.45) is 17.3 Å². The lowest BCUT2D eigenvalue weighted by Crippen LogP contribution is -1.96. The minimum absolute atomic E-state index is 0.573. The molecule has 0 aromatic heterocycles. The fraction of sp³-hybridized carbons (Fsp3) is 0.875. The molecule has 1 aliphatic rings. The van der Waals surface area contributed by atoms with E-state index in [1.165, 1.54) is 44.9 Å². The van der Waals surface area contributed by atoms with E-state index < -0.39 is 0 Å². The maximum absolute atomic E-state index is 2.41. The average molecular weight is 222 g/mol. The van der Waals surface area contributed by atoms with Gasteiger partial charge in [-0.1, -0.05) is 65.0 Å². The predicted molar refractivity (Wildman–Crippen MR) is 73.6 cm³/mol. The Bertz CT molecular complexity index is 216. The van der Waals surface area contributed by atoms with Crippen LogP contribution in [0.1, 0.15) is 72.6 Å². The number of hydrogen-bond donors (Lipinski definition) is 0. The van der Waals surface area contributed by atoms with Crippen LogP contribution < -0.4 is 0 Å². The van der Waals surface area contributed by atoms with Gasteiger partial charge in [-0.15, -0.1) is 0 Å². The molecule has 0 heteroatoms. The van der Waals surface area contributed by atoms with Crippen molar-refractivity contribution in [1.82, 2.24) is 0 Å². The monoisotopic (exact) mass is 222 g/mol. The van der Waals surface area contributed by atoms with Gasteiger partial charge in [-0.2, -0.15) is 0 Å². The molecular formula is C16H30. The van der Waals surface area contributed by atoms with Crippen LogP contribution in [0.15, 0.2) is 12.2 Å². The third-order valence-corrected chi connectivity index (χ3v) is 4.29. The zero-order chi connectivity index (χ0) is 12.0. The van der Waals surface area contributed by atoms with E-state index in [0.717, 1.165) is 11.8 Å². The second-order valence-electron chi connectivity index (χ2n) is 6.09. The molecule has 1 fully saturated rings. The van der Waals surface area contributed by atoms with Gasteiger partial charge in [0.2, 0.25) is 0 Å². The molecule has 0 radical (unpaired) electrons. The lowest BCUT2D eigenvalue weighted by molar-refractivity contribution is 0.444. The molecule has 0 N–H and O–H groups in total. The molecule has 1 rings (SSSR count). The van der Waals surface area contributed by atoms with E-state index in [1.807, 2.05) is 0 Å². The minimum Gasteiger partial charge on any atom is -0.0911 e. The highest BCUT2D eigenvalue weighted by Crippen LogP contribution is 2.55. The summed E-state index contributed by atoms with van der Waals surface area (Å²) >= 11 is 0. The molecule has 3 unspecified atom stereocenters. The number of unbranched alkanes of at least 4 members (excludes halogenated alkanes) is 1. The van der Waals surface area contributed by atoms with Gasteiger partial charge in [-0.05, 0) is 37.0 Å². The zero-order valence-corrected chi connectivity index (χ0v) is 11.8. The summed E-state index contributed by atoms with van der Waals surface area (Å²) in [4.78, 5) is 0. The largest absolute Gasteiger partial charge is 0.0911 e. The summed E-state index contributed by atoms with van der Waals surface area (Å²) in [6.45, 7) is 9.26. The quantitative estimate of drug-likeness (QED) is 0.371. The Kier molecular flexibility index (Phi) is 5.58. The topological polar surface area (TPSA) is 0 Å². The Morgan fingerprint density at radius 2 is 2.06 bits per heavy atom. The molecule has 0 aromatic carbocycles. The first kappa shape index (κ1) is 13.8. The van der Waals surface area contributed by atoms with Crippen LogP contribution in [-0.2, 0) is 0 Å². The van der Waals surface area contributed by atoms with Crippen molar-refractivity contribution in [3.05, 3.63) is 12.2 Å². The zero-order valence-electron chi connectivity index (χ0n) is 11.8. The summed E-state index contributed by atoms with van der Waals surface area (Å²) < 4.78 is 0. The second kappa shape index (κ2) is 6.47. The van der Waals surface area contributed by atoms with Gasteiger partial charge >= 0.3 is 0 Å². The molecule has 16 heavy (non-hydrogen) atoms. The van der Waals surface area contributed by atoms with Gasteiger partial charge in [-0.25, -0.2) is 0 Å². The van der Waals surface area contributed by atoms with Gasteiger partial charge in [0, 0.05) is 0 Å². The van der Waals surface area contributed by atoms with Crippen LogP contribution in [-0.4, -0.2) is 0 Å². The summed E-state index contributed by atoms with van der Waals surface area (Å²) in [6.07, 6.45) is 14.6. The molecule has 0 aliphatic heterocycles. The lowest BCUT2D eigenvalue weighted by atomic mass is 9.96. The fourth-order valence-electron chi connectivity index (χ4n) is 3.01. The number of allylic oxidation sites excluding steroid dienone is 2. The van der Waals surface area contributed by atoms with E-state index in [0.29, 0.717) is 5.41 Å². The second-order valence-corrected chi connectivity index (χ2v) is 6.09. The van der Waals surface area contributed by atoms with Gasteiger partial charge in [0.25, 0.3) is 0 Å². The summed E-state index contributed by atoms with van der Waals surface area (Å²) in [5.41, 5.74) is 0.573. The van der Waals surface area contributed by atoms with Crippen LogP contribution in [0, 0.1) is 17.3 Å². The van der Waals surface area contributed by atoms with Gasteiger partial charge < -0.3 is 0 Å². The molecular weight excluding hydrogens is 192 g/mol. The molecule has 0 heterocycles.